The minimum absolute atomic E-state index is 0.332. The van der Waals surface area contributed by atoms with Gasteiger partial charge in [-0.1, -0.05) is 18.3 Å². The number of carbonyl (C=O) groups is 1. The van der Waals surface area contributed by atoms with Crippen LogP contribution in [0.4, 0.5) is 0 Å². The quantitative estimate of drug-likeness (QED) is 0.458. The molecule has 0 atom stereocenters. The van der Waals surface area contributed by atoms with Gasteiger partial charge >= 0.3 is 5.97 Å². The highest BCUT2D eigenvalue weighted by molar-refractivity contribution is 7.98. The van der Waals surface area contributed by atoms with Gasteiger partial charge in [0.1, 0.15) is 5.56 Å². The molecule has 16 heavy (non-hydrogen) atoms. The zero-order valence-corrected chi connectivity index (χ0v) is 10.4. The van der Waals surface area contributed by atoms with Crippen molar-refractivity contribution in [2.75, 3.05) is 12.9 Å². The SMILES string of the molecule is C=Cc1nc(SC)nc(C)c1C(=O)OCC. The second-order valence-corrected chi connectivity index (χ2v) is 3.75. The predicted molar refractivity (Wildman–Crippen MR) is 64.6 cm³/mol. The van der Waals surface area contributed by atoms with E-state index in [4.69, 9.17) is 4.74 Å². The smallest absolute Gasteiger partial charge is 0.342 e. The van der Waals surface area contributed by atoms with Crippen LogP contribution < -0.4 is 0 Å². The Labute approximate surface area is 99.1 Å². The van der Waals surface area contributed by atoms with Crippen LogP contribution in [0.15, 0.2) is 11.7 Å². The van der Waals surface area contributed by atoms with Crippen molar-refractivity contribution in [3.05, 3.63) is 23.5 Å². The first-order valence-corrected chi connectivity index (χ1v) is 6.08. The zero-order chi connectivity index (χ0) is 12.1. The second-order valence-electron chi connectivity index (χ2n) is 2.98. The van der Waals surface area contributed by atoms with Gasteiger partial charge in [-0.15, -0.1) is 0 Å². The van der Waals surface area contributed by atoms with Gasteiger partial charge in [-0.05, 0) is 26.2 Å². The van der Waals surface area contributed by atoms with E-state index in [2.05, 4.69) is 16.5 Å². The maximum atomic E-state index is 11.7. The van der Waals surface area contributed by atoms with Gasteiger partial charge in [0.25, 0.3) is 0 Å². The number of ether oxygens (including phenoxy) is 1. The van der Waals surface area contributed by atoms with Gasteiger partial charge in [0.15, 0.2) is 5.16 Å². The van der Waals surface area contributed by atoms with Crippen LogP contribution in [0.5, 0.6) is 0 Å². The molecule has 0 saturated carbocycles. The second kappa shape index (κ2) is 5.65. The van der Waals surface area contributed by atoms with E-state index in [1.54, 1.807) is 19.9 Å². The van der Waals surface area contributed by atoms with E-state index in [1.165, 1.54) is 11.8 Å². The van der Waals surface area contributed by atoms with Crippen LogP contribution in [-0.2, 0) is 4.74 Å². The minimum atomic E-state index is -0.400. The van der Waals surface area contributed by atoms with Crippen molar-refractivity contribution >= 4 is 23.8 Å². The largest absolute Gasteiger partial charge is 0.462 e. The molecule has 0 spiro atoms. The molecular weight excluding hydrogens is 224 g/mol. The number of hydrogen-bond acceptors (Lipinski definition) is 5. The molecule has 1 rings (SSSR count). The lowest BCUT2D eigenvalue weighted by Crippen LogP contribution is -2.12. The molecule has 0 aliphatic carbocycles. The highest BCUT2D eigenvalue weighted by Gasteiger charge is 2.17. The Morgan fingerprint density at radius 3 is 2.75 bits per heavy atom. The van der Waals surface area contributed by atoms with E-state index in [9.17, 15) is 4.79 Å². The van der Waals surface area contributed by atoms with Gasteiger partial charge in [0, 0.05) is 0 Å². The summed E-state index contributed by atoms with van der Waals surface area (Å²) in [7, 11) is 0. The Bertz CT molecular complexity index is 419. The van der Waals surface area contributed by atoms with E-state index in [-0.39, 0.29) is 0 Å². The molecule has 0 bridgehead atoms. The van der Waals surface area contributed by atoms with Gasteiger partial charge in [-0.2, -0.15) is 0 Å². The first-order valence-electron chi connectivity index (χ1n) is 4.86. The molecule has 1 aromatic heterocycles. The molecule has 86 valence electrons. The maximum Gasteiger partial charge on any atom is 0.342 e. The van der Waals surface area contributed by atoms with Crippen LogP contribution in [0, 0.1) is 6.92 Å². The summed E-state index contributed by atoms with van der Waals surface area (Å²) in [5.74, 6) is -0.400. The lowest BCUT2D eigenvalue weighted by atomic mass is 10.1. The summed E-state index contributed by atoms with van der Waals surface area (Å²) in [4.78, 5) is 20.1. The lowest BCUT2D eigenvalue weighted by Gasteiger charge is -2.08. The monoisotopic (exact) mass is 238 g/mol. The zero-order valence-electron chi connectivity index (χ0n) is 9.61. The summed E-state index contributed by atoms with van der Waals surface area (Å²) < 4.78 is 4.95. The predicted octanol–water partition coefficient (Wildman–Crippen LogP) is 2.33. The Hall–Kier alpha value is -1.36. The van der Waals surface area contributed by atoms with Crippen LogP contribution >= 0.6 is 11.8 Å². The number of thioether (sulfide) groups is 1. The summed E-state index contributed by atoms with van der Waals surface area (Å²) in [5.41, 5.74) is 1.54. The molecule has 4 nitrogen and oxygen atoms in total. The molecule has 0 unspecified atom stereocenters. The average Bonchev–Trinajstić information content (AvgIpc) is 2.27. The van der Waals surface area contributed by atoms with E-state index in [0.29, 0.717) is 28.7 Å². The van der Waals surface area contributed by atoms with Crippen molar-refractivity contribution < 1.29 is 9.53 Å². The van der Waals surface area contributed by atoms with Crippen LogP contribution in [0.25, 0.3) is 6.08 Å². The van der Waals surface area contributed by atoms with Crippen molar-refractivity contribution in [1.82, 2.24) is 9.97 Å². The van der Waals surface area contributed by atoms with Crippen molar-refractivity contribution in [3.8, 4) is 0 Å². The summed E-state index contributed by atoms with van der Waals surface area (Å²) in [6.07, 6.45) is 3.42. The summed E-state index contributed by atoms with van der Waals surface area (Å²) in [5, 5.41) is 0.625. The van der Waals surface area contributed by atoms with Crippen molar-refractivity contribution in [2.24, 2.45) is 0 Å². The molecule has 0 aromatic carbocycles. The lowest BCUT2D eigenvalue weighted by molar-refractivity contribution is 0.0524. The van der Waals surface area contributed by atoms with Gasteiger partial charge < -0.3 is 4.74 Å². The molecular formula is C11H14N2O2S. The molecule has 0 amide bonds. The maximum absolute atomic E-state index is 11.7. The van der Waals surface area contributed by atoms with E-state index in [1.807, 2.05) is 6.26 Å². The average molecular weight is 238 g/mol. The molecule has 0 aliphatic rings. The summed E-state index contributed by atoms with van der Waals surface area (Å²) in [6, 6.07) is 0. The van der Waals surface area contributed by atoms with Crippen LogP contribution in [0.3, 0.4) is 0 Å². The third kappa shape index (κ3) is 2.61. The summed E-state index contributed by atoms with van der Waals surface area (Å²) in [6.45, 7) is 7.50. The third-order valence-corrected chi connectivity index (χ3v) is 2.50. The van der Waals surface area contributed by atoms with Gasteiger partial charge in [-0.3, -0.25) is 0 Å². The van der Waals surface area contributed by atoms with Gasteiger partial charge in [0.05, 0.1) is 18.0 Å². The van der Waals surface area contributed by atoms with Crippen LogP contribution in [0.2, 0.25) is 0 Å². The van der Waals surface area contributed by atoms with E-state index in [0.717, 1.165) is 0 Å². The van der Waals surface area contributed by atoms with Gasteiger partial charge in [-0.25, -0.2) is 14.8 Å². The topological polar surface area (TPSA) is 52.1 Å². The highest BCUT2D eigenvalue weighted by Crippen LogP contribution is 2.18. The van der Waals surface area contributed by atoms with Crippen LogP contribution in [0.1, 0.15) is 28.7 Å². The van der Waals surface area contributed by atoms with E-state index >= 15 is 0 Å². The molecule has 0 saturated heterocycles. The van der Waals surface area contributed by atoms with Crippen molar-refractivity contribution in [1.29, 1.82) is 0 Å². The fourth-order valence-electron chi connectivity index (χ4n) is 1.26. The first kappa shape index (κ1) is 12.7. The first-order chi connectivity index (χ1) is 7.63. The highest BCUT2D eigenvalue weighted by atomic mass is 32.2. The number of nitrogens with zero attached hydrogens (tertiary/aromatic N) is 2. The van der Waals surface area contributed by atoms with Crippen molar-refractivity contribution in [3.63, 3.8) is 0 Å². The fourth-order valence-corrected chi connectivity index (χ4v) is 1.68. The normalized spacial score (nSPS) is 9.94. The Balaban J connectivity index is 3.26. The molecule has 1 heterocycles. The van der Waals surface area contributed by atoms with E-state index < -0.39 is 5.97 Å². The third-order valence-electron chi connectivity index (χ3n) is 1.95. The fraction of sp³-hybridized carbons (Fsp3) is 0.364. The Kier molecular flexibility index (Phi) is 4.49. The van der Waals surface area contributed by atoms with Gasteiger partial charge in [0.2, 0.25) is 0 Å². The molecule has 5 heteroatoms. The Morgan fingerprint density at radius 1 is 1.56 bits per heavy atom. The number of carbonyl (C=O) groups excluding carboxylic acids is 1. The number of aryl methyl sites for hydroxylation is 1. The number of esters is 1. The Morgan fingerprint density at radius 2 is 2.25 bits per heavy atom. The molecule has 0 N–H and O–H groups in total. The van der Waals surface area contributed by atoms with Crippen LogP contribution in [-0.4, -0.2) is 28.8 Å². The molecule has 0 aliphatic heterocycles. The van der Waals surface area contributed by atoms with Crippen molar-refractivity contribution in [2.45, 2.75) is 19.0 Å². The number of aromatic nitrogens is 2. The molecule has 0 fully saturated rings. The number of rotatable bonds is 4. The molecule has 0 radical (unpaired) electrons. The summed E-state index contributed by atoms with van der Waals surface area (Å²) >= 11 is 1.42. The minimum Gasteiger partial charge on any atom is -0.462 e. The standard InChI is InChI=1S/C11H14N2O2S/c1-5-8-9(10(14)15-6-2)7(3)12-11(13-8)16-4/h5H,1,6H2,2-4H3. The number of hydrogen-bond donors (Lipinski definition) is 0. The molecule has 1 aromatic rings.